The van der Waals surface area contributed by atoms with E-state index in [1.807, 2.05) is 13.8 Å². The maximum Gasteiger partial charge on any atom is 0.339 e. The highest BCUT2D eigenvalue weighted by atomic mass is 16.5. The van der Waals surface area contributed by atoms with Crippen LogP contribution in [0.4, 0.5) is 5.69 Å². The number of ketones is 1. The number of amides is 1. The first kappa shape index (κ1) is 21.0. The van der Waals surface area contributed by atoms with Gasteiger partial charge in [-0.2, -0.15) is 0 Å². The highest BCUT2D eigenvalue weighted by Gasteiger charge is 2.16. The van der Waals surface area contributed by atoms with Gasteiger partial charge in [0.1, 0.15) is 0 Å². The molecular formula is C23H22N2O5. The standard InChI is InChI=1S/C23H22N2O5/c1-14(2)11-21(27)24-16-9-7-15(8-10-16)20(26)13-30-23(29)18-12-22(28)25-19-6-4-3-5-17(18)19/h3-10,12,14H,11,13H2,1-2H3,(H,24,27)(H,25,28). The lowest BCUT2D eigenvalue weighted by molar-refractivity contribution is -0.116. The summed E-state index contributed by atoms with van der Waals surface area (Å²) in [4.78, 5) is 51.0. The molecule has 0 spiro atoms. The van der Waals surface area contributed by atoms with Gasteiger partial charge in [0.15, 0.2) is 12.4 Å². The number of H-pyrrole nitrogens is 1. The summed E-state index contributed by atoms with van der Waals surface area (Å²) in [5.74, 6) is -0.985. The van der Waals surface area contributed by atoms with E-state index in [2.05, 4.69) is 10.3 Å². The Morgan fingerprint density at radius 3 is 2.43 bits per heavy atom. The molecule has 1 amide bonds. The summed E-state index contributed by atoms with van der Waals surface area (Å²) in [7, 11) is 0. The van der Waals surface area contributed by atoms with Crippen molar-refractivity contribution in [3.05, 3.63) is 76.1 Å². The molecule has 0 bridgehead atoms. The maximum absolute atomic E-state index is 12.4. The minimum atomic E-state index is -0.747. The van der Waals surface area contributed by atoms with Crippen LogP contribution in [0.5, 0.6) is 0 Å². The van der Waals surface area contributed by atoms with Crippen LogP contribution in [-0.4, -0.2) is 29.3 Å². The molecule has 0 saturated carbocycles. The fraction of sp³-hybridized carbons (Fsp3) is 0.217. The Morgan fingerprint density at radius 2 is 1.73 bits per heavy atom. The Bertz CT molecular complexity index is 1150. The van der Waals surface area contributed by atoms with E-state index in [0.717, 1.165) is 6.07 Å². The SMILES string of the molecule is CC(C)CC(=O)Nc1ccc(C(=O)COC(=O)c2cc(=O)[nH]c3ccccc23)cc1. The second-order valence-electron chi connectivity index (χ2n) is 7.32. The predicted molar refractivity (Wildman–Crippen MR) is 114 cm³/mol. The van der Waals surface area contributed by atoms with Gasteiger partial charge in [0.25, 0.3) is 0 Å². The molecule has 0 aliphatic heterocycles. The topological polar surface area (TPSA) is 105 Å². The van der Waals surface area contributed by atoms with Gasteiger partial charge in [0.2, 0.25) is 11.5 Å². The van der Waals surface area contributed by atoms with Gasteiger partial charge in [-0.15, -0.1) is 0 Å². The Labute approximate surface area is 173 Å². The Morgan fingerprint density at radius 1 is 1.03 bits per heavy atom. The minimum absolute atomic E-state index is 0.0944. The molecule has 3 aromatic rings. The van der Waals surface area contributed by atoms with Crippen LogP contribution in [0, 0.1) is 5.92 Å². The van der Waals surface area contributed by atoms with Crippen molar-refractivity contribution in [2.45, 2.75) is 20.3 Å². The van der Waals surface area contributed by atoms with Gasteiger partial charge in [-0.05, 0) is 36.2 Å². The van der Waals surface area contributed by atoms with Crippen molar-refractivity contribution < 1.29 is 19.1 Å². The van der Waals surface area contributed by atoms with E-state index in [4.69, 9.17) is 4.74 Å². The monoisotopic (exact) mass is 406 g/mol. The van der Waals surface area contributed by atoms with E-state index in [0.29, 0.717) is 28.6 Å². The van der Waals surface area contributed by atoms with Crippen molar-refractivity contribution in [1.82, 2.24) is 4.98 Å². The molecular weight excluding hydrogens is 384 g/mol. The number of aromatic nitrogens is 1. The second kappa shape index (κ2) is 9.17. The molecule has 2 N–H and O–H groups in total. The summed E-state index contributed by atoms with van der Waals surface area (Å²) >= 11 is 0. The molecule has 154 valence electrons. The lowest BCUT2D eigenvalue weighted by Gasteiger charge is -2.09. The van der Waals surface area contributed by atoms with Crippen LogP contribution in [0.15, 0.2) is 59.4 Å². The predicted octanol–water partition coefficient (Wildman–Crippen LogP) is 3.55. The molecule has 1 aromatic heterocycles. The van der Waals surface area contributed by atoms with E-state index in [-0.39, 0.29) is 17.4 Å². The number of carbonyl (C=O) groups excluding carboxylic acids is 3. The summed E-state index contributed by atoms with van der Waals surface area (Å²) in [6, 6.07) is 14.4. The van der Waals surface area contributed by atoms with Crippen LogP contribution >= 0.6 is 0 Å². The first-order valence-electron chi connectivity index (χ1n) is 9.56. The van der Waals surface area contributed by atoms with Gasteiger partial charge >= 0.3 is 5.97 Å². The third-order valence-electron chi connectivity index (χ3n) is 4.39. The van der Waals surface area contributed by atoms with Gasteiger partial charge in [-0.25, -0.2) is 4.79 Å². The fourth-order valence-electron chi connectivity index (χ4n) is 2.99. The van der Waals surface area contributed by atoms with E-state index >= 15 is 0 Å². The number of para-hydroxylation sites is 1. The normalized spacial score (nSPS) is 10.8. The molecule has 30 heavy (non-hydrogen) atoms. The van der Waals surface area contributed by atoms with Gasteiger partial charge in [-0.1, -0.05) is 32.0 Å². The first-order valence-corrected chi connectivity index (χ1v) is 9.56. The highest BCUT2D eigenvalue weighted by Crippen LogP contribution is 2.16. The second-order valence-corrected chi connectivity index (χ2v) is 7.32. The Kier molecular flexibility index (Phi) is 6.41. The van der Waals surface area contributed by atoms with Crippen molar-refractivity contribution in [3.63, 3.8) is 0 Å². The van der Waals surface area contributed by atoms with Crippen LogP contribution in [-0.2, 0) is 9.53 Å². The van der Waals surface area contributed by atoms with Crippen molar-refractivity contribution in [1.29, 1.82) is 0 Å². The number of nitrogens with one attached hydrogen (secondary N) is 2. The Hall–Kier alpha value is -3.74. The number of anilines is 1. The molecule has 7 nitrogen and oxygen atoms in total. The highest BCUT2D eigenvalue weighted by molar-refractivity contribution is 6.05. The number of ether oxygens (including phenoxy) is 1. The molecule has 0 unspecified atom stereocenters. The van der Waals surface area contributed by atoms with Crippen molar-refractivity contribution in [2.24, 2.45) is 5.92 Å². The number of esters is 1. The summed E-state index contributed by atoms with van der Waals surface area (Å²) < 4.78 is 5.13. The first-order chi connectivity index (χ1) is 14.3. The van der Waals surface area contributed by atoms with Crippen LogP contribution in [0.25, 0.3) is 10.9 Å². The maximum atomic E-state index is 12.4. The van der Waals surface area contributed by atoms with Crippen molar-refractivity contribution in [2.75, 3.05) is 11.9 Å². The number of fused-ring (bicyclic) bond motifs is 1. The summed E-state index contributed by atoms with van der Waals surface area (Å²) in [6.07, 6.45) is 0.410. The molecule has 0 aliphatic rings. The van der Waals surface area contributed by atoms with Crippen molar-refractivity contribution >= 4 is 34.3 Å². The number of pyridine rings is 1. The minimum Gasteiger partial charge on any atom is -0.454 e. The molecule has 0 saturated heterocycles. The van der Waals surface area contributed by atoms with Gasteiger partial charge in [0, 0.05) is 34.6 Å². The number of carbonyl (C=O) groups is 3. The molecule has 7 heteroatoms. The molecule has 0 atom stereocenters. The largest absolute Gasteiger partial charge is 0.454 e. The zero-order valence-electron chi connectivity index (χ0n) is 16.7. The zero-order chi connectivity index (χ0) is 21.7. The number of benzene rings is 2. The molecule has 2 aromatic carbocycles. The molecule has 0 fully saturated rings. The molecule has 0 radical (unpaired) electrons. The third-order valence-corrected chi connectivity index (χ3v) is 4.39. The number of hydrogen-bond acceptors (Lipinski definition) is 5. The average Bonchev–Trinajstić information content (AvgIpc) is 2.71. The third kappa shape index (κ3) is 5.20. The van der Waals surface area contributed by atoms with E-state index in [1.54, 1.807) is 48.5 Å². The van der Waals surface area contributed by atoms with E-state index in [9.17, 15) is 19.2 Å². The lowest BCUT2D eigenvalue weighted by atomic mass is 10.1. The quantitative estimate of drug-likeness (QED) is 0.461. The fourth-order valence-corrected chi connectivity index (χ4v) is 2.99. The summed E-state index contributed by atoms with van der Waals surface area (Å²) in [5, 5.41) is 3.30. The smallest absolute Gasteiger partial charge is 0.339 e. The number of rotatable bonds is 7. The zero-order valence-corrected chi connectivity index (χ0v) is 16.7. The molecule has 1 heterocycles. The summed E-state index contributed by atoms with van der Waals surface area (Å²) in [6.45, 7) is 3.45. The summed E-state index contributed by atoms with van der Waals surface area (Å²) in [5.41, 5.74) is 1.12. The van der Waals surface area contributed by atoms with Gasteiger partial charge in [0.05, 0.1) is 5.56 Å². The average molecular weight is 406 g/mol. The lowest BCUT2D eigenvalue weighted by Crippen LogP contribution is -2.17. The van der Waals surface area contributed by atoms with Crippen LogP contribution in [0.1, 0.15) is 41.0 Å². The van der Waals surface area contributed by atoms with Crippen molar-refractivity contribution in [3.8, 4) is 0 Å². The van der Waals surface area contributed by atoms with E-state index < -0.39 is 23.9 Å². The van der Waals surface area contributed by atoms with Crippen LogP contribution < -0.4 is 10.9 Å². The molecule has 3 rings (SSSR count). The number of aromatic amines is 1. The van der Waals surface area contributed by atoms with E-state index in [1.165, 1.54) is 0 Å². The molecule has 0 aliphatic carbocycles. The van der Waals surface area contributed by atoms with Crippen LogP contribution in [0.3, 0.4) is 0 Å². The Balaban J connectivity index is 1.64. The van der Waals surface area contributed by atoms with Gasteiger partial charge in [-0.3, -0.25) is 14.4 Å². The van der Waals surface area contributed by atoms with Gasteiger partial charge < -0.3 is 15.0 Å². The van der Waals surface area contributed by atoms with Crippen LogP contribution in [0.2, 0.25) is 0 Å². The number of hydrogen-bond donors (Lipinski definition) is 2. The number of Topliss-reactive ketones (excluding diaryl/α,β-unsaturated/α-hetero) is 1.